The Hall–Kier alpha value is -1.29. The van der Waals surface area contributed by atoms with E-state index in [0.29, 0.717) is 4.91 Å². The number of carboxylic acids is 1. The maximum absolute atomic E-state index is 11.0. The zero-order chi connectivity index (χ0) is 12.1. The fraction of sp³-hybridized carbons (Fsp3) is 0.333. The van der Waals surface area contributed by atoms with Crippen molar-refractivity contribution in [2.75, 3.05) is 0 Å². The SMILES string of the molecule is CC(C)=C(SC(C)c1cccnc1)C(=O)O. The summed E-state index contributed by atoms with van der Waals surface area (Å²) in [7, 11) is 0. The molecule has 0 aromatic carbocycles. The molecule has 1 heterocycles. The molecule has 1 unspecified atom stereocenters. The van der Waals surface area contributed by atoms with Crippen LogP contribution in [-0.4, -0.2) is 16.1 Å². The van der Waals surface area contributed by atoms with Gasteiger partial charge in [-0.05, 0) is 32.4 Å². The molecule has 1 atom stereocenters. The fourth-order valence-corrected chi connectivity index (χ4v) is 2.21. The summed E-state index contributed by atoms with van der Waals surface area (Å²) in [6.45, 7) is 5.60. The molecular weight excluding hydrogens is 222 g/mol. The summed E-state index contributed by atoms with van der Waals surface area (Å²) in [4.78, 5) is 15.5. The Labute approximate surface area is 99.6 Å². The third-order valence-electron chi connectivity index (χ3n) is 2.10. The Morgan fingerprint density at radius 1 is 1.50 bits per heavy atom. The van der Waals surface area contributed by atoms with Crippen molar-refractivity contribution in [3.05, 3.63) is 40.6 Å². The van der Waals surface area contributed by atoms with Crippen LogP contribution in [0.4, 0.5) is 0 Å². The van der Waals surface area contributed by atoms with Gasteiger partial charge in [-0.2, -0.15) is 0 Å². The zero-order valence-corrected chi connectivity index (χ0v) is 10.4. The van der Waals surface area contributed by atoms with Crippen molar-refractivity contribution in [1.29, 1.82) is 0 Å². The lowest BCUT2D eigenvalue weighted by Crippen LogP contribution is -2.01. The summed E-state index contributed by atoms with van der Waals surface area (Å²) in [5, 5.41) is 9.14. The number of hydrogen-bond donors (Lipinski definition) is 1. The summed E-state index contributed by atoms with van der Waals surface area (Å²) in [6, 6.07) is 3.81. The van der Waals surface area contributed by atoms with E-state index in [4.69, 9.17) is 5.11 Å². The molecule has 0 aliphatic rings. The second-order valence-electron chi connectivity index (χ2n) is 3.68. The molecule has 0 saturated heterocycles. The quantitative estimate of drug-likeness (QED) is 0.817. The van der Waals surface area contributed by atoms with Gasteiger partial charge in [-0.15, -0.1) is 11.8 Å². The molecule has 1 N–H and O–H groups in total. The zero-order valence-electron chi connectivity index (χ0n) is 9.60. The Morgan fingerprint density at radius 3 is 2.62 bits per heavy atom. The standard InChI is InChI=1S/C12H15NO2S/c1-8(2)11(12(14)15)16-9(3)10-5-4-6-13-7-10/h4-7,9H,1-3H3,(H,14,15). The molecule has 0 aliphatic heterocycles. The molecule has 4 heteroatoms. The normalized spacial score (nSPS) is 11.9. The van der Waals surface area contributed by atoms with E-state index in [-0.39, 0.29) is 5.25 Å². The van der Waals surface area contributed by atoms with Gasteiger partial charge in [0.15, 0.2) is 0 Å². The minimum Gasteiger partial charge on any atom is -0.477 e. The number of rotatable bonds is 4. The van der Waals surface area contributed by atoms with Crippen LogP contribution in [0, 0.1) is 0 Å². The van der Waals surface area contributed by atoms with Gasteiger partial charge in [-0.3, -0.25) is 4.98 Å². The van der Waals surface area contributed by atoms with Crippen molar-refractivity contribution in [3.8, 4) is 0 Å². The molecule has 0 radical (unpaired) electrons. The molecule has 0 aliphatic carbocycles. The first kappa shape index (κ1) is 12.8. The number of thioether (sulfide) groups is 1. The highest BCUT2D eigenvalue weighted by atomic mass is 32.2. The van der Waals surface area contributed by atoms with E-state index in [1.807, 2.05) is 32.9 Å². The first-order chi connectivity index (χ1) is 7.52. The average molecular weight is 237 g/mol. The van der Waals surface area contributed by atoms with Gasteiger partial charge in [-0.25, -0.2) is 4.79 Å². The van der Waals surface area contributed by atoms with Crippen LogP contribution in [0.15, 0.2) is 35.0 Å². The Bertz CT molecular complexity index is 397. The van der Waals surface area contributed by atoms with Crippen molar-refractivity contribution in [2.24, 2.45) is 0 Å². The molecule has 16 heavy (non-hydrogen) atoms. The second-order valence-corrected chi connectivity index (χ2v) is 5.03. The Kier molecular flexibility index (Phi) is 4.55. The van der Waals surface area contributed by atoms with Gasteiger partial charge >= 0.3 is 5.97 Å². The van der Waals surface area contributed by atoms with Crippen LogP contribution in [-0.2, 0) is 4.79 Å². The van der Waals surface area contributed by atoms with E-state index >= 15 is 0 Å². The van der Waals surface area contributed by atoms with Crippen LogP contribution in [0.2, 0.25) is 0 Å². The predicted molar refractivity (Wildman–Crippen MR) is 66.3 cm³/mol. The summed E-state index contributed by atoms with van der Waals surface area (Å²) < 4.78 is 0. The van der Waals surface area contributed by atoms with E-state index in [1.54, 1.807) is 12.4 Å². The topological polar surface area (TPSA) is 50.2 Å². The highest BCUT2D eigenvalue weighted by molar-refractivity contribution is 8.04. The number of allylic oxidation sites excluding steroid dienone is 1. The van der Waals surface area contributed by atoms with Crippen molar-refractivity contribution in [2.45, 2.75) is 26.0 Å². The van der Waals surface area contributed by atoms with Crippen molar-refractivity contribution >= 4 is 17.7 Å². The van der Waals surface area contributed by atoms with Crippen LogP contribution in [0.5, 0.6) is 0 Å². The van der Waals surface area contributed by atoms with Gasteiger partial charge in [-0.1, -0.05) is 11.6 Å². The number of nitrogens with zero attached hydrogens (tertiary/aromatic N) is 1. The number of carboxylic acid groups (broad SMARTS) is 1. The molecule has 1 aromatic heterocycles. The van der Waals surface area contributed by atoms with Crippen LogP contribution < -0.4 is 0 Å². The molecular formula is C12H15NO2S. The number of pyridine rings is 1. The van der Waals surface area contributed by atoms with Gasteiger partial charge in [0.25, 0.3) is 0 Å². The summed E-state index contributed by atoms with van der Waals surface area (Å²) in [5.74, 6) is -0.860. The van der Waals surface area contributed by atoms with Gasteiger partial charge in [0.2, 0.25) is 0 Å². The lowest BCUT2D eigenvalue weighted by molar-refractivity contribution is -0.131. The lowest BCUT2D eigenvalue weighted by Gasteiger charge is -2.12. The van der Waals surface area contributed by atoms with E-state index in [9.17, 15) is 4.79 Å². The maximum Gasteiger partial charge on any atom is 0.342 e. The number of carbonyl (C=O) groups is 1. The summed E-state index contributed by atoms with van der Waals surface area (Å²) >= 11 is 1.35. The van der Waals surface area contributed by atoms with Crippen LogP contribution in [0.25, 0.3) is 0 Å². The lowest BCUT2D eigenvalue weighted by atomic mass is 10.2. The Morgan fingerprint density at radius 2 is 2.19 bits per heavy atom. The number of aromatic nitrogens is 1. The van der Waals surface area contributed by atoms with Crippen LogP contribution >= 0.6 is 11.8 Å². The Balaban J connectivity index is 2.82. The summed E-state index contributed by atoms with van der Waals surface area (Å²) in [5.41, 5.74) is 1.86. The van der Waals surface area contributed by atoms with E-state index < -0.39 is 5.97 Å². The average Bonchev–Trinajstić information content (AvgIpc) is 2.25. The monoisotopic (exact) mass is 237 g/mol. The van der Waals surface area contributed by atoms with Gasteiger partial charge < -0.3 is 5.11 Å². The molecule has 0 spiro atoms. The molecule has 0 amide bonds. The van der Waals surface area contributed by atoms with E-state index in [2.05, 4.69) is 4.98 Å². The first-order valence-corrected chi connectivity index (χ1v) is 5.87. The van der Waals surface area contributed by atoms with Crippen molar-refractivity contribution in [1.82, 2.24) is 4.98 Å². The van der Waals surface area contributed by atoms with Crippen molar-refractivity contribution in [3.63, 3.8) is 0 Å². The first-order valence-electron chi connectivity index (χ1n) is 4.99. The highest BCUT2D eigenvalue weighted by Crippen LogP contribution is 2.35. The molecule has 0 fully saturated rings. The molecule has 3 nitrogen and oxygen atoms in total. The molecule has 1 rings (SSSR count). The minimum absolute atomic E-state index is 0.0923. The molecule has 1 aromatic rings. The van der Waals surface area contributed by atoms with Gasteiger partial charge in [0, 0.05) is 17.6 Å². The van der Waals surface area contributed by atoms with Gasteiger partial charge in [0.05, 0.1) is 4.91 Å². The molecule has 86 valence electrons. The maximum atomic E-state index is 11.0. The molecule has 0 bridgehead atoms. The van der Waals surface area contributed by atoms with Crippen LogP contribution in [0.1, 0.15) is 31.6 Å². The predicted octanol–water partition coefficient (Wildman–Crippen LogP) is 3.25. The summed E-state index contributed by atoms with van der Waals surface area (Å²) in [6.07, 6.45) is 3.47. The highest BCUT2D eigenvalue weighted by Gasteiger charge is 2.15. The van der Waals surface area contributed by atoms with Gasteiger partial charge in [0.1, 0.15) is 0 Å². The smallest absolute Gasteiger partial charge is 0.342 e. The van der Waals surface area contributed by atoms with E-state index in [1.165, 1.54) is 11.8 Å². The van der Waals surface area contributed by atoms with E-state index in [0.717, 1.165) is 11.1 Å². The largest absolute Gasteiger partial charge is 0.477 e. The van der Waals surface area contributed by atoms with Crippen molar-refractivity contribution < 1.29 is 9.90 Å². The number of aliphatic carboxylic acids is 1. The molecule has 0 saturated carbocycles. The second kappa shape index (κ2) is 5.70. The fourth-order valence-electron chi connectivity index (χ4n) is 1.24. The number of hydrogen-bond acceptors (Lipinski definition) is 3. The third kappa shape index (κ3) is 3.38. The van der Waals surface area contributed by atoms with Crippen LogP contribution in [0.3, 0.4) is 0 Å². The third-order valence-corrected chi connectivity index (χ3v) is 3.54. The minimum atomic E-state index is -0.860.